The molecule has 5 heteroatoms. The van der Waals surface area contributed by atoms with E-state index in [2.05, 4.69) is 32.7 Å². The average Bonchev–Trinajstić information content (AvgIpc) is 3.17. The number of morpholine rings is 1. The van der Waals surface area contributed by atoms with E-state index in [0.717, 1.165) is 45.2 Å². The van der Waals surface area contributed by atoms with E-state index in [1.165, 1.54) is 44.1 Å². The van der Waals surface area contributed by atoms with Crippen LogP contribution < -0.4 is 15.5 Å². The normalized spacial score (nSPS) is 30.6. The minimum Gasteiger partial charge on any atom is -0.379 e. The monoisotopic (exact) mass is 344 g/mol. The molecule has 5 nitrogen and oxygen atoms in total. The molecule has 2 N–H and O–H groups in total. The van der Waals surface area contributed by atoms with Crippen molar-refractivity contribution in [2.24, 2.45) is 5.92 Å². The molecule has 0 amide bonds. The van der Waals surface area contributed by atoms with E-state index >= 15 is 0 Å². The van der Waals surface area contributed by atoms with Gasteiger partial charge in [0.15, 0.2) is 0 Å². The molecule has 1 aliphatic carbocycles. The third-order valence-corrected chi connectivity index (χ3v) is 6.09. The summed E-state index contributed by atoms with van der Waals surface area (Å²) in [5.74, 6) is 1.85. The van der Waals surface area contributed by atoms with Crippen LogP contribution in [0.3, 0.4) is 0 Å². The van der Waals surface area contributed by atoms with Gasteiger partial charge in [-0.25, -0.2) is 4.98 Å². The van der Waals surface area contributed by atoms with Crippen molar-refractivity contribution in [2.75, 3.05) is 37.7 Å². The zero-order valence-corrected chi connectivity index (χ0v) is 15.3. The molecule has 138 valence electrons. The molecule has 1 aromatic rings. The first-order valence-corrected chi connectivity index (χ1v) is 10.1. The van der Waals surface area contributed by atoms with Gasteiger partial charge in [-0.15, -0.1) is 0 Å². The summed E-state index contributed by atoms with van der Waals surface area (Å²) in [6, 6.07) is 5.57. The van der Waals surface area contributed by atoms with Crippen molar-refractivity contribution in [3.8, 4) is 0 Å². The number of hydrogen-bond donors (Lipinski definition) is 2. The molecular weight excluding hydrogens is 312 g/mol. The Morgan fingerprint density at radius 3 is 2.96 bits per heavy atom. The Labute approximate surface area is 151 Å². The van der Waals surface area contributed by atoms with E-state index in [0.29, 0.717) is 18.0 Å². The van der Waals surface area contributed by atoms with Crippen LogP contribution >= 0.6 is 0 Å². The zero-order valence-electron chi connectivity index (χ0n) is 15.3. The number of piperidine rings is 1. The molecule has 2 aliphatic heterocycles. The Morgan fingerprint density at radius 1 is 1.20 bits per heavy atom. The highest BCUT2D eigenvalue weighted by Gasteiger charge is 2.34. The Kier molecular flexibility index (Phi) is 5.85. The minimum absolute atomic E-state index is 0.523. The number of rotatable bonds is 5. The van der Waals surface area contributed by atoms with Gasteiger partial charge in [0.1, 0.15) is 5.82 Å². The first kappa shape index (κ1) is 17.3. The van der Waals surface area contributed by atoms with E-state index in [1.54, 1.807) is 0 Å². The second-order valence-corrected chi connectivity index (χ2v) is 7.79. The summed E-state index contributed by atoms with van der Waals surface area (Å²) in [7, 11) is 0. The number of nitrogens with zero attached hydrogens (tertiary/aromatic N) is 2. The average molecular weight is 345 g/mol. The fourth-order valence-electron chi connectivity index (χ4n) is 4.70. The van der Waals surface area contributed by atoms with E-state index in [-0.39, 0.29) is 0 Å². The van der Waals surface area contributed by atoms with E-state index < -0.39 is 0 Å². The lowest BCUT2D eigenvalue weighted by molar-refractivity contribution is 0.0524. The maximum Gasteiger partial charge on any atom is 0.128 e. The molecule has 25 heavy (non-hydrogen) atoms. The third kappa shape index (κ3) is 4.33. The predicted molar refractivity (Wildman–Crippen MR) is 101 cm³/mol. The first-order valence-electron chi connectivity index (χ1n) is 10.1. The van der Waals surface area contributed by atoms with Crippen LogP contribution in [0, 0.1) is 5.92 Å². The standard InChI is InChI=1S/C20H32N4O/c1-2-10-24(11-3-1)20-13-16(7-8-22-20)14-23-18-6-4-5-17(18)19-15-25-12-9-21-19/h7-8,13,17-19,21,23H,1-6,9-12,14-15H2. The molecule has 3 unspecified atom stereocenters. The highest BCUT2D eigenvalue weighted by molar-refractivity contribution is 5.41. The number of ether oxygens (including phenoxy) is 1. The molecule has 3 heterocycles. The zero-order chi connectivity index (χ0) is 16.9. The number of pyridine rings is 1. The number of anilines is 1. The van der Waals surface area contributed by atoms with Crippen LogP contribution in [0.4, 0.5) is 5.82 Å². The lowest BCUT2D eigenvalue weighted by Crippen LogP contribution is -2.50. The minimum atomic E-state index is 0.523. The first-order chi connectivity index (χ1) is 12.4. The Balaban J connectivity index is 1.34. The van der Waals surface area contributed by atoms with Crippen molar-refractivity contribution >= 4 is 5.82 Å². The predicted octanol–water partition coefficient (Wildman–Crippen LogP) is 2.32. The second-order valence-electron chi connectivity index (χ2n) is 7.79. The molecule has 3 atom stereocenters. The van der Waals surface area contributed by atoms with Crippen LogP contribution in [0.2, 0.25) is 0 Å². The van der Waals surface area contributed by atoms with Gasteiger partial charge in [-0.05, 0) is 55.7 Å². The summed E-state index contributed by atoms with van der Waals surface area (Å²) in [4.78, 5) is 7.04. The Bertz CT molecular complexity index is 540. The summed E-state index contributed by atoms with van der Waals surface area (Å²) < 4.78 is 5.68. The fraction of sp³-hybridized carbons (Fsp3) is 0.750. The fourth-order valence-corrected chi connectivity index (χ4v) is 4.70. The van der Waals surface area contributed by atoms with E-state index in [1.807, 2.05) is 6.20 Å². The molecule has 0 bridgehead atoms. The molecule has 2 saturated heterocycles. The molecular formula is C20H32N4O. The van der Waals surface area contributed by atoms with Crippen molar-refractivity contribution < 1.29 is 4.74 Å². The van der Waals surface area contributed by atoms with Crippen LogP contribution in [0.15, 0.2) is 18.3 Å². The molecule has 0 radical (unpaired) electrons. The summed E-state index contributed by atoms with van der Waals surface area (Å²) in [6.45, 7) is 5.98. The third-order valence-electron chi connectivity index (χ3n) is 6.09. The van der Waals surface area contributed by atoms with Crippen molar-refractivity contribution in [3.05, 3.63) is 23.9 Å². The van der Waals surface area contributed by atoms with E-state index in [4.69, 9.17) is 4.74 Å². The Morgan fingerprint density at radius 2 is 2.12 bits per heavy atom. The number of nitrogens with one attached hydrogen (secondary N) is 2. The SMILES string of the molecule is c1cc(CNC2CCCC2C2COCCN2)cc(N2CCCCC2)n1. The van der Waals surface area contributed by atoms with Gasteiger partial charge in [0, 0.05) is 44.5 Å². The van der Waals surface area contributed by atoms with E-state index in [9.17, 15) is 0 Å². The van der Waals surface area contributed by atoms with Crippen LogP contribution in [0.25, 0.3) is 0 Å². The van der Waals surface area contributed by atoms with Crippen molar-refractivity contribution in [2.45, 2.75) is 57.2 Å². The lowest BCUT2D eigenvalue weighted by Gasteiger charge is -2.33. The summed E-state index contributed by atoms with van der Waals surface area (Å²) in [5, 5.41) is 7.49. The molecule has 3 aliphatic rings. The molecule has 1 saturated carbocycles. The number of aromatic nitrogens is 1. The van der Waals surface area contributed by atoms with Crippen LogP contribution in [-0.2, 0) is 11.3 Å². The van der Waals surface area contributed by atoms with Crippen LogP contribution in [0.5, 0.6) is 0 Å². The van der Waals surface area contributed by atoms with Crippen molar-refractivity contribution in [3.63, 3.8) is 0 Å². The lowest BCUT2D eigenvalue weighted by atomic mass is 9.94. The summed E-state index contributed by atoms with van der Waals surface area (Å²) in [6.07, 6.45) is 9.86. The maximum atomic E-state index is 5.68. The Hall–Kier alpha value is -1.17. The van der Waals surface area contributed by atoms with Gasteiger partial charge in [-0.3, -0.25) is 0 Å². The van der Waals surface area contributed by atoms with Gasteiger partial charge in [0.05, 0.1) is 13.2 Å². The van der Waals surface area contributed by atoms with Crippen LogP contribution in [0.1, 0.15) is 44.1 Å². The summed E-state index contributed by atoms with van der Waals surface area (Å²) >= 11 is 0. The smallest absolute Gasteiger partial charge is 0.128 e. The quantitative estimate of drug-likeness (QED) is 0.858. The van der Waals surface area contributed by atoms with Gasteiger partial charge in [-0.2, -0.15) is 0 Å². The van der Waals surface area contributed by atoms with Gasteiger partial charge >= 0.3 is 0 Å². The second kappa shape index (κ2) is 8.47. The maximum absolute atomic E-state index is 5.68. The van der Waals surface area contributed by atoms with Crippen molar-refractivity contribution in [1.82, 2.24) is 15.6 Å². The van der Waals surface area contributed by atoms with Gasteiger partial charge < -0.3 is 20.3 Å². The van der Waals surface area contributed by atoms with Gasteiger partial charge in [-0.1, -0.05) is 6.42 Å². The molecule has 4 rings (SSSR count). The highest BCUT2D eigenvalue weighted by atomic mass is 16.5. The van der Waals surface area contributed by atoms with Crippen molar-refractivity contribution in [1.29, 1.82) is 0 Å². The summed E-state index contributed by atoms with van der Waals surface area (Å²) in [5.41, 5.74) is 1.36. The molecule has 1 aromatic heterocycles. The molecule has 3 fully saturated rings. The molecule has 0 spiro atoms. The van der Waals surface area contributed by atoms with Gasteiger partial charge in [0.2, 0.25) is 0 Å². The molecule has 0 aromatic carbocycles. The largest absolute Gasteiger partial charge is 0.379 e. The highest BCUT2D eigenvalue weighted by Crippen LogP contribution is 2.30. The number of hydrogen-bond acceptors (Lipinski definition) is 5. The van der Waals surface area contributed by atoms with Crippen LogP contribution in [-0.4, -0.2) is 49.9 Å². The van der Waals surface area contributed by atoms with Gasteiger partial charge in [0.25, 0.3) is 0 Å². The topological polar surface area (TPSA) is 49.4 Å².